The van der Waals surface area contributed by atoms with Gasteiger partial charge in [0.2, 0.25) is 0 Å². The molecule has 1 aromatic rings. The van der Waals surface area contributed by atoms with Crippen LogP contribution in [0.25, 0.3) is 6.08 Å². The number of urea groups is 1. The van der Waals surface area contributed by atoms with E-state index < -0.39 is 24.5 Å². The number of nitriles is 1. The van der Waals surface area contributed by atoms with Gasteiger partial charge in [0.25, 0.3) is 5.91 Å². The first-order valence-electron chi connectivity index (χ1n) is 8.20. The Morgan fingerprint density at radius 3 is 2.58 bits per heavy atom. The van der Waals surface area contributed by atoms with Crippen LogP contribution in [0.3, 0.4) is 0 Å². The molecule has 0 aliphatic rings. The lowest BCUT2D eigenvalue weighted by Crippen LogP contribution is -2.37. The summed E-state index contributed by atoms with van der Waals surface area (Å²) in [6.07, 6.45) is 2.45. The van der Waals surface area contributed by atoms with E-state index >= 15 is 0 Å². The Labute approximate surface area is 152 Å². The van der Waals surface area contributed by atoms with Gasteiger partial charge in [0.1, 0.15) is 11.6 Å². The molecule has 0 bridgehead atoms. The number of ether oxygens (including phenoxy) is 1. The summed E-state index contributed by atoms with van der Waals surface area (Å²) in [5.41, 5.74) is 7.26. The van der Waals surface area contributed by atoms with Crippen molar-refractivity contribution in [2.75, 3.05) is 6.61 Å². The summed E-state index contributed by atoms with van der Waals surface area (Å²) in [4.78, 5) is 33.8. The summed E-state index contributed by atoms with van der Waals surface area (Å²) in [5, 5.41) is 11.0. The quantitative estimate of drug-likeness (QED) is 0.435. The van der Waals surface area contributed by atoms with Crippen LogP contribution >= 0.6 is 0 Å². The molecule has 140 valence electrons. The molecule has 0 unspecified atom stereocenters. The number of esters is 1. The van der Waals surface area contributed by atoms with Gasteiger partial charge in [0, 0.05) is 17.9 Å². The standard InChI is InChI=1S/C18H24N4O4/c1-11(2)5-6-22-12(3)7-14(13(22)4)8-15(9-19)17(24)26-10-16(23)21-18(20)25/h7-8,11H,5-6,10H2,1-4H3,(H3,20,21,23,25)/b15-8+. The summed E-state index contributed by atoms with van der Waals surface area (Å²) < 4.78 is 6.86. The highest BCUT2D eigenvalue weighted by molar-refractivity contribution is 6.00. The molecule has 0 fully saturated rings. The van der Waals surface area contributed by atoms with Gasteiger partial charge >= 0.3 is 12.0 Å². The second-order valence-electron chi connectivity index (χ2n) is 6.32. The van der Waals surface area contributed by atoms with Gasteiger partial charge in [-0.3, -0.25) is 10.1 Å². The number of hydrogen-bond donors (Lipinski definition) is 2. The van der Waals surface area contributed by atoms with Gasteiger partial charge in [-0.15, -0.1) is 0 Å². The monoisotopic (exact) mass is 360 g/mol. The largest absolute Gasteiger partial charge is 0.451 e. The number of nitrogens with one attached hydrogen (secondary N) is 1. The SMILES string of the molecule is Cc1cc(/C=C(\C#N)C(=O)OCC(=O)NC(N)=O)c(C)n1CCC(C)C. The van der Waals surface area contributed by atoms with Gasteiger partial charge in [-0.05, 0) is 43.9 Å². The molecular weight excluding hydrogens is 336 g/mol. The van der Waals surface area contributed by atoms with Crippen LogP contribution in [0.2, 0.25) is 0 Å². The van der Waals surface area contributed by atoms with Crippen molar-refractivity contribution in [3.8, 4) is 6.07 Å². The molecule has 0 aromatic carbocycles. The molecule has 3 amide bonds. The van der Waals surface area contributed by atoms with Crippen LogP contribution in [0.4, 0.5) is 4.79 Å². The van der Waals surface area contributed by atoms with Crippen LogP contribution in [0, 0.1) is 31.1 Å². The zero-order valence-corrected chi connectivity index (χ0v) is 15.5. The van der Waals surface area contributed by atoms with E-state index in [9.17, 15) is 19.6 Å². The number of nitrogens with zero attached hydrogens (tertiary/aromatic N) is 2. The number of aryl methyl sites for hydroxylation is 1. The number of amides is 3. The minimum atomic E-state index is -1.05. The summed E-state index contributed by atoms with van der Waals surface area (Å²) in [6.45, 7) is 8.32. The Morgan fingerprint density at radius 1 is 1.38 bits per heavy atom. The summed E-state index contributed by atoms with van der Waals surface area (Å²) >= 11 is 0. The summed E-state index contributed by atoms with van der Waals surface area (Å²) in [5.74, 6) is -1.25. The molecule has 0 saturated carbocycles. The Hall–Kier alpha value is -3.08. The first kappa shape index (κ1) is 21.0. The zero-order chi connectivity index (χ0) is 19.9. The van der Waals surface area contributed by atoms with E-state index in [0.717, 1.165) is 29.9 Å². The molecule has 1 heterocycles. The summed E-state index contributed by atoms with van der Waals surface area (Å²) in [7, 11) is 0. The summed E-state index contributed by atoms with van der Waals surface area (Å²) in [6, 6.07) is 2.62. The minimum absolute atomic E-state index is 0.235. The zero-order valence-electron chi connectivity index (χ0n) is 15.5. The third-order valence-corrected chi connectivity index (χ3v) is 3.78. The van der Waals surface area contributed by atoms with Crippen LogP contribution in [-0.2, 0) is 20.9 Å². The Kier molecular flexibility index (Phi) is 7.59. The molecule has 0 aliphatic carbocycles. The molecule has 3 N–H and O–H groups in total. The molecule has 8 nitrogen and oxygen atoms in total. The highest BCUT2D eigenvalue weighted by Crippen LogP contribution is 2.20. The third kappa shape index (κ3) is 6.09. The van der Waals surface area contributed by atoms with Gasteiger partial charge in [-0.2, -0.15) is 5.26 Å². The average Bonchev–Trinajstić information content (AvgIpc) is 2.81. The van der Waals surface area contributed by atoms with Crippen LogP contribution in [0.15, 0.2) is 11.6 Å². The number of carbonyl (C=O) groups excluding carboxylic acids is 3. The molecule has 0 spiro atoms. The Morgan fingerprint density at radius 2 is 2.04 bits per heavy atom. The predicted octanol–water partition coefficient (Wildman–Crippen LogP) is 1.80. The molecule has 8 heteroatoms. The molecule has 1 aromatic heterocycles. The van der Waals surface area contributed by atoms with E-state index in [4.69, 9.17) is 10.5 Å². The first-order chi connectivity index (χ1) is 12.1. The van der Waals surface area contributed by atoms with Crippen molar-refractivity contribution in [1.82, 2.24) is 9.88 Å². The fourth-order valence-electron chi connectivity index (χ4n) is 2.38. The van der Waals surface area contributed by atoms with Crippen molar-refractivity contribution in [3.63, 3.8) is 0 Å². The van der Waals surface area contributed by atoms with Crippen molar-refractivity contribution in [2.45, 2.75) is 40.7 Å². The van der Waals surface area contributed by atoms with Gasteiger partial charge < -0.3 is 15.0 Å². The maximum atomic E-state index is 12.0. The number of aromatic nitrogens is 1. The minimum Gasteiger partial charge on any atom is -0.451 e. The normalized spacial score (nSPS) is 11.2. The fourth-order valence-corrected chi connectivity index (χ4v) is 2.38. The lowest BCUT2D eigenvalue weighted by Gasteiger charge is -2.11. The third-order valence-electron chi connectivity index (χ3n) is 3.78. The molecule has 0 saturated heterocycles. The van der Waals surface area contributed by atoms with Crippen molar-refractivity contribution >= 4 is 24.0 Å². The number of imide groups is 1. The van der Waals surface area contributed by atoms with E-state index in [-0.39, 0.29) is 5.57 Å². The maximum absolute atomic E-state index is 12.0. The van der Waals surface area contributed by atoms with Crippen molar-refractivity contribution < 1.29 is 19.1 Å². The van der Waals surface area contributed by atoms with E-state index in [1.165, 1.54) is 6.08 Å². The number of primary amides is 1. The van der Waals surface area contributed by atoms with E-state index in [1.54, 1.807) is 11.4 Å². The highest BCUT2D eigenvalue weighted by atomic mass is 16.5. The Balaban J connectivity index is 2.90. The van der Waals surface area contributed by atoms with Crippen LogP contribution in [-0.4, -0.2) is 29.1 Å². The number of nitrogens with two attached hydrogens (primary N) is 1. The maximum Gasteiger partial charge on any atom is 0.349 e. The van der Waals surface area contributed by atoms with Gasteiger partial charge in [-0.1, -0.05) is 13.8 Å². The van der Waals surface area contributed by atoms with Gasteiger partial charge in [-0.25, -0.2) is 9.59 Å². The molecule has 0 aliphatic heterocycles. The molecule has 0 atom stereocenters. The first-order valence-corrected chi connectivity index (χ1v) is 8.20. The molecule has 0 radical (unpaired) electrons. The predicted molar refractivity (Wildman–Crippen MR) is 95.6 cm³/mol. The van der Waals surface area contributed by atoms with E-state index in [2.05, 4.69) is 18.4 Å². The fraction of sp³-hybridized carbons (Fsp3) is 0.444. The van der Waals surface area contributed by atoms with Gasteiger partial charge in [0.15, 0.2) is 6.61 Å². The molecule has 26 heavy (non-hydrogen) atoms. The van der Waals surface area contributed by atoms with Crippen molar-refractivity contribution in [2.24, 2.45) is 11.7 Å². The lowest BCUT2D eigenvalue weighted by atomic mass is 10.1. The van der Waals surface area contributed by atoms with E-state index in [0.29, 0.717) is 5.92 Å². The van der Waals surface area contributed by atoms with Crippen LogP contribution < -0.4 is 11.1 Å². The second kappa shape index (κ2) is 9.42. The number of carbonyl (C=O) groups is 3. The number of rotatable bonds is 7. The van der Waals surface area contributed by atoms with E-state index in [1.807, 2.05) is 19.9 Å². The van der Waals surface area contributed by atoms with Gasteiger partial charge in [0.05, 0.1) is 0 Å². The van der Waals surface area contributed by atoms with Crippen molar-refractivity contribution in [1.29, 1.82) is 5.26 Å². The van der Waals surface area contributed by atoms with Crippen LogP contribution in [0.5, 0.6) is 0 Å². The molecular formula is C18H24N4O4. The van der Waals surface area contributed by atoms with Crippen LogP contribution in [0.1, 0.15) is 37.2 Å². The highest BCUT2D eigenvalue weighted by Gasteiger charge is 2.16. The molecule has 1 rings (SSSR count). The topological polar surface area (TPSA) is 127 Å². The average molecular weight is 360 g/mol. The number of hydrogen-bond acceptors (Lipinski definition) is 5. The second-order valence-corrected chi connectivity index (χ2v) is 6.32. The Bertz CT molecular complexity index is 769. The lowest BCUT2D eigenvalue weighted by molar-refractivity contribution is -0.144. The van der Waals surface area contributed by atoms with Crippen molar-refractivity contribution in [3.05, 3.63) is 28.6 Å². The smallest absolute Gasteiger partial charge is 0.349 e.